The van der Waals surface area contributed by atoms with Gasteiger partial charge in [0.1, 0.15) is 6.10 Å². The van der Waals surface area contributed by atoms with Crippen molar-refractivity contribution in [2.75, 3.05) is 0 Å². The SMILES string of the molecule is CCC[C@@H]1[C@@H]2C(=C[C@@H](C)C[C@@H]2OC(=O)[C@@H](C)CC)C=C[C@@H]1C. The second-order valence-corrected chi connectivity index (χ2v) is 7.36. The molecule has 0 aromatic rings. The maximum atomic E-state index is 12.3. The lowest BCUT2D eigenvalue weighted by molar-refractivity contribution is -0.158. The Morgan fingerprint density at radius 3 is 2.73 bits per heavy atom. The predicted octanol–water partition coefficient (Wildman–Crippen LogP) is 5.15. The molecule has 2 nitrogen and oxygen atoms in total. The van der Waals surface area contributed by atoms with Crippen LogP contribution in [0.25, 0.3) is 0 Å². The van der Waals surface area contributed by atoms with Crippen molar-refractivity contribution in [3.63, 3.8) is 0 Å². The van der Waals surface area contributed by atoms with Gasteiger partial charge < -0.3 is 4.74 Å². The molecule has 0 heterocycles. The zero-order valence-corrected chi connectivity index (χ0v) is 14.8. The summed E-state index contributed by atoms with van der Waals surface area (Å²) in [6.45, 7) is 10.8. The lowest BCUT2D eigenvalue weighted by Crippen LogP contribution is -2.41. The first-order valence-corrected chi connectivity index (χ1v) is 9.08. The van der Waals surface area contributed by atoms with E-state index in [2.05, 4.69) is 39.0 Å². The molecule has 0 radical (unpaired) electrons. The number of allylic oxidation sites excluding steroid dienone is 3. The van der Waals surface area contributed by atoms with Crippen LogP contribution in [-0.2, 0) is 9.53 Å². The number of ether oxygens (including phenoxy) is 1. The molecule has 2 rings (SSSR count). The minimum Gasteiger partial charge on any atom is -0.461 e. The largest absolute Gasteiger partial charge is 0.461 e. The Bertz CT molecular complexity index is 449. The summed E-state index contributed by atoms with van der Waals surface area (Å²) in [5.41, 5.74) is 1.40. The topological polar surface area (TPSA) is 26.3 Å². The average molecular weight is 304 g/mol. The molecule has 2 aliphatic carbocycles. The van der Waals surface area contributed by atoms with Crippen LogP contribution < -0.4 is 0 Å². The van der Waals surface area contributed by atoms with Crippen molar-refractivity contribution in [1.29, 1.82) is 0 Å². The summed E-state index contributed by atoms with van der Waals surface area (Å²) in [6.07, 6.45) is 11.3. The van der Waals surface area contributed by atoms with Crippen LogP contribution in [0.2, 0.25) is 0 Å². The van der Waals surface area contributed by atoms with Crippen molar-refractivity contribution < 1.29 is 9.53 Å². The van der Waals surface area contributed by atoms with Gasteiger partial charge in [-0.2, -0.15) is 0 Å². The third-order valence-corrected chi connectivity index (χ3v) is 5.50. The van der Waals surface area contributed by atoms with E-state index in [1.807, 2.05) is 13.8 Å². The van der Waals surface area contributed by atoms with E-state index in [0.717, 1.165) is 12.8 Å². The Balaban J connectivity index is 2.24. The Morgan fingerprint density at radius 2 is 2.09 bits per heavy atom. The van der Waals surface area contributed by atoms with Gasteiger partial charge in [-0.05, 0) is 42.6 Å². The van der Waals surface area contributed by atoms with Crippen LogP contribution in [0.15, 0.2) is 23.8 Å². The molecule has 0 amide bonds. The first kappa shape index (κ1) is 17.3. The third kappa shape index (κ3) is 3.64. The van der Waals surface area contributed by atoms with Crippen LogP contribution in [-0.4, -0.2) is 12.1 Å². The van der Waals surface area contributed by atoms with Crippen molar-refractivity contribution in [3.05, 3.63) is 23.8 Å². The van der Waals surface area contributed by atoms with Crippen LogP contribution >= 0.6 is 0 Å². The Labute approximate surface area is 136 Å². The zero-order chi connectivity index (χ0) is 16.3. The summed E-state index contributed by atoms with van der Waals surface area (Å²) in [5, 5.41) is 0. The molecule has 0 aromatic heterocycles. The summed E-state index contributed by atoms with van der Waals surface area (Å²) < 4.78 is 6.00. The number of rotatable bonds is 5. The molecule has 22 heavy (non-hydrogen) atoms. The van der Waals surface area contributed by atoms with Crippen molar-refractivity contribution in [2.45, 2.75) is 66.4 Å². The summed E-state index contributed by atoms with van der Waals surface area (Å²) in [5.74, 6) is 2.04. The molecule has 0 aliphatic heterocycles. The fourth-order valence-electron chi connectivity index (χ4n) is 3.99. The highest BCUT2D eigenvalue weighted by Crippen LogP contribution is 2.44. The van der Waals surface area contributed by atoms with Gasteiger partial charge in [0.2, 0.25) is 0 Å². The fourth-order valence-corrected chi connectivity index (χ4v) is 3.99. The molecule has 0 bridgehead atoms. The highest BCUT2D eigenvalue weighted by atomic mass is 16.5. The molecule has 124 valence electrons. The summed E-state index contributed by atoms with van der Waals surface area (Å²) in [4.78, 5) is 12.3. The molecule has 0 saturated heterocycles. The van der Waals surface area contributed by atoms with E-state index in [-0.39, 0.29) is 18.0 Å². The van der Waals surface area contributed by atoms with Crippen molar-refractivity contribution >= 4 is 5.97 Å². The number of fused-ring (bicyclic) bond motifs is 1. The number of esters is 1. The molecule has 0 N–H and O–H groups in total. The fraction of sp³-hybridized carbons (Fsp3) is 0.750. The van der Waals surface area contributed by atoms with E-state index in [9.17, 15) is 4.79 Å². The quantitative estimate of drug-likeness (QED) is 0.657. The van der Waals surface area contributed by atoms with Gasteiger partial charge in [-0.1, -0.05) is 59.3 Å². The molecule has 2 aliphatic rings. The predicted molar refractivity (Wildman–Crippen MR) is 91.4 cm³/mol. The maximum absolute atomic E-state index is 12.3. The van der Waals surface area contributed by atoms with Gasteiger partial charge in [-0.25, -0.2) is 0 Å². The molecule has 6 atom stereocenters. The van der Waals surface area contributed by atoms with E-state index >= 15 is 0 Å². The average Bonchev–Trinajstić information content (AvgIpc) is 2.49. The standard InChI is InChI=1S/C20H32O2/c1-6-8-17-15(5)9-10-16-11-13(3)12-18(19(16)17)22-20(21)14(4)7-2/h9-11,13-15,17-19H,6-8,12H2,1-5H3/t13-,14+,15+,17+,18+,19+/m1/s1. The molecule has 0 fully saturated rings. The van der Waals surface area contributed by atoms with Crippen LogP contribution in [0.1, 0.15) is 60.3 Å². The highest BCUT2D eigenvalue weighted by Gasteiger charge is 2.41. The van der Waals surface area contributed by atoms with Gasteiger partial charge in [0, 0.05) is 5.92 Å². The van der Waals surface area contributed by atoms with Crippen molar-refractivity contribution in [3.8, 4) is 0 Å². The normalized spacial score (nSPS) is 35.5. The first-order valence-electron chi connectivity index (χ1n) is 9.08. The van der Waals surface area contributed by atoms with Crippen LogP contribution in [0.3, 0.4) is 0 Å². The van der Waals surface area contributed by atoms with Crippen molar-refractivity contribution in [2.24, 2.45) is 29.6 Å². The minimum absolute atomic E-state index is 0.00541. The molecule has 0 spiro atoms. The maximum Gasteiger partial charge on any atom is 0.308 e. The van der Waals surface area contributed by atoms with E-state index < -0.39 is 0 Å². The molecule has 0 aromatic carbocycles. The number of hydrogen-bond acceptors (Lipinski definition) is 2. The number of carbonyl (C=O) groups is 1. The third-order valence-electron chi connectivity index (χ3n) is 5.50. The molecule has 0 unspecified atom stereocenters. The van der Waals surface area contributed by atoms with Crippen LogP contribution in [0, 0.1) is 29.6 Å². The Morgan fingerprint density at radius 1 is 1.36 bits per heavy atom. The summed E-state index contributed by atoms with van der Waals surface area (Å²) in [7, 11) is 0. The zero-order valence-electron chi connectivity index (χ0n) is 14.8. The molecular formula is C20H32O2. The van der Waals surface area contributed by atoms with Gasteiger partial charge in [-0.15, -0.1) is 0 Å². The molecular weight excluding hydrogens is 272 g/mol. The second kappa shape index (κ2) is 7.48. The highest BCUT2D eigenvalue weighted by molar-refractivity contribution is 5.72. The Hall–Kier alpha value is -1.05. The smallest absolute Gasteiger partial charge is 0.308 e. The first-order chi connectivity index (χ1) is 10.5. The van der Waals surface area contributed by atoms with Gasteiger partial charge in [0.05, 0.1) is 5.92 Å². The minimum atomic E-state index is -0.0154. The summed E-state index contributed by atoms with van der Waals surface area (Å²) in [6, 6.07) is 0. The summed E-state index contributed by atoms with van der Waals surface area (Å²) >= 11 is 0. The monoisotopic (exact) mass is 304 g/mol. The lowest BCUT2D eigenvalue weighted by Gasteiger charge is -2.43. The van der Waals surface area contributed by atoms with Crippen molar-refractivity contribution in [1.82, 2.24) is 0 Å². The number of hydrogen-bond donors (Lipinski definition) is 0. The van der Waals surface area contributed by atoms with Crippen LogP contribution in [0.5, 0.6) is 0 Å². The number of carbonyl (C=O) groups excluding carboxylic acids is 1. The van der Waals surface area contributed by atoms with Gasteiger partial charge in [0.15, 0.2) is 0 Å². The second-order valence-electron chi connectivity index (χ2n) is 7.36. The van der Waals surface area contributed by atoms with Gasteiger partial charge in [0.25, 0.3) is 0 Å². The van der Waals surface area contributed by atoms with Gasteiger partial charge >= 0.3 is 5.97 Å². The molecule has 0 saturated carbocycles. The van der Waals surface area contributed by atoms with Crippen LogP contribution in [0.4, 0.5) is 0 Å². The van der Waals surface area contributed by atoms with E-state index in [1.54, 1.807) is 0 Å². The lowest BCUT2D eigenvalue weighted by atomic mass is 9.65. The van der Waals surface area contributed by atoms with E-state index in [4.69, 9.17) is 4.74 Å². The van der Waals surface area contributed by atoms with Gasteiger partial charge in [-0.3, -0.25) is 4.79 Å². The Kier molecular flexibility index (Phi) is 5.88. The molecule has 2 heteroatoms. The van der Waals surface area contributed by atoms with E-state index in [0.29, 0.717) is 23.7 Å². The van der Waals surface area contributed by atoms with E-state index in [1.165, 1.54) is 18.4 Å².